The van der Waals surface area contributed by atoms with E-state index < -0.39 is 12.2 Å². The molecule has 7 nitrogen and oxygen atoms in total. The summed E-state index contributed by atoms with van der Waals surface area (Å²) in [6, 6.07) is 5.65. The fourth-order valence-corrected chi connectivity index (χ4v) is 2.91. The summed E-state index contributed by atoms with van der Waals surface area (Å²) in [6.07, 6.45) is -2.33. The fourth-order valence-electron chi connectivity index (χ4n) is 2.48. The Labute approximate surface area is 187 Å². The number of nitrogens with two attached hydrogens (primary N) is 1. The van der Waals surface area contributed by atoms with Crippen molar-refractivity contribution in [2.24, 2.45) is 10.7 Å². The molecule has 0 bridgehead atoms. The minimum atomic E-state index is -3.74. The summed E-state index contributed by atoms with van der Waals surface area (Å²) in [4.78, 5) is 20.3. The van der Waals surface area contributed by atoms with Crippen LogP contribution in [0.2, 0.25) is 5.02 Å². The van der Waals surface area contributed by atoms with Crippen LogP contribution in [0.3, 0.4) is 0 Å². The number of carbonyl (C=O) groups excluding carboxylic acids is 1. The molecule has 0 aliphatic carbocycles. The lowest BCUT2D eigenvalue weighted by Gasteiger charge is -2.09. The summed E-state index contributed by atoms with van der Waals surface area (Å²) >= 11 is 12.1. The van der Waals surface area contributed by atoms with Crippen LogP contribution in [0.1, 0.15) is 20.8 Å². The molecule has 1 aromatic carbocycles. The summed E-state index contributed by atoms with van der Waals surface area (Å²) in [5.74, 6) is -0.686. The maximum atomic E-state index is 13.2. The van der Waals surface area contributed by atoms with Gasteiger partial charge in [-0.2, -0.15) is 0 Å². The minimum Gasteiger partial charge on any atom is -0.401 e. The average molecular weight is 473 g/mol. The van der Waals surface area contributed by atoms with Crippen LogP contribution < -0.4 is 20.5 Å². The number of carbonyl (C=O) groups is 1. The van der Waals surface area contributed by atoms with E-state index in [-0.39, 0.29) is 38.8 Å². The zero-order chi connectivity index (χ0) is 23.3. The second kappa shape index (κ2) is 9.93. The SMILES string of the molecule is CC.CN=C(C(=O)Nc1ccc(-c2cc3c(cc2Cl)OC(F)(F)O3)cn1)/C(Cl)=C(/C)N. The predicted octanol–water partition coefficient (Wildman–Crippen LogP) is 5.19. The summed E-state index contributed by atoms with van der Waals surface area (Å²) in [5, 5.41) is 2.74. The van der Waals surface area contributed by atoms with E-state index in [1.165, 1.54) is 31.4 Å². The Morgan fingerprint density at radius 1 is 1.23 bits per heavy atom. The van der Waals surface area contributed by atoms with Crippen molar-refractivity contribution in [3.8, 4) is 22.6 Å². The van der Waals surface area contributed by atoms with Crippen LogP contribution in [-0.4, -0.2) is 29.9 Å². The van der Waals surface area contributed by atoms with Crippen molar-refractivity contribution >= 4 is 40.6 Å². The number of hydrogen-bond acceptors (Lipinski definition) is 6. The summed E-state index contributed by atoms with van der Waals surface area (Å²) in [7, 11) is 1.40. The highest BCUT2D eigenvalue weighted by Crippen LogP contribution is 2.45. The molecule has 31 heavy (non-hydrogen) atoms. The normalized spacial score (nSPS) is 14.9. The van der Waals surface area contributed by atoms with Gasteiger partial charge in [-0.05, 0) is 25.1 Å². The molecule has 2 aromatic rings. The van der Waals surface area contributed by atoms with E-state index in [1.54, 1.807) is 13.0 Å². The molecule has 1 aromatic heterocycles. The number of alkyl halides is 2. The van der Waals surface area contributed by atoms with Gasteiger partial charge in [-0.3, -0.25) is 9.79 Å². The Kier molecular flexibility index (Phi) is 7.80. The molecule has 0 spiro atoms. The molecule has 0 saturated carbocycles. The number of ether oxygens (including phenoxy) is 2. The lowest BCUT2D eigenvalue weighted by molar-refractivity contribution is -0.286. The van der Waals surface area contributed by atoms with Gasteiger partial charge in [0, 0.05) is 36.1 Å². The highest BCUT2D eigenvalue weighted by molar-refractivity contribution is 6.61. The molecule has 0 radical (unpaired) electrons. The summed E-state index contributed by atoms with van der Waals surface area (Å²) in [6.45, 7) is 5.54. The first-order valence-electron chi connectivity index (χ1n) is 9.07. The van der Waals surface area contributed by atoms with Gasteiger partial charge in [-0.15, -0.1) is 8.78 Å². The third kappa shape index (κ3) is 5.62. The maximum Gasteiger partial charge on any atom is 0.586 e. The van der Waals surface area contributed by atoms with E-state index in [0.29, 0.717) is 11.1 Å². The Hall–Kier alpha value is -2.91. The van der Waals surface area contributed by atoms with Crippen molar-refractivity contribution in [1.29, 1.82) is 0 Å². The Morgan fingerprint density at radius 2 is 1.84 bits per heavy atom. The molecule has 1 amide bonds. The van der Waals surface area contributed by atoms with Gasteiger partial charge in [-0.25, -0.2) is 4.98 Å². The second-order valence-corrected chi connectivity index (χ2v) is 6.69. The number of anilines is 1. The first-order valence-corrected chi connectivity index (χ1v) is 9.83. The monoisotopic (exact) mass is 472 g/mol. The van der Waals surface area contributed by atoms with Gasteiger partial charge in [0.2, 0.25) is 0 Å². The lowest BCUT2D eigenvalue weighted by Crippen LogP contribution is -2.25. The van der Waals surface area contributed by atoms with Crippen molar-refractivity contribution in [2.75, 3.05) is 12.4 Å². The lowest BCUT2D eigenvalue weighted by atomic mass is 10.1. The van der Waals surface area contributed by atoms with Crippen LogP contribution in [-0.2, 0) is 4.79 Å². The van der Waals surface area contributed by atoms with Crippen molar-refractivity contribution in [2.45, 2.75) is 27.1 Å². The van der Waals surface area contributed by atoms with Crippen molar-refractivity contribution in [3.63, 3.8) is 0 Å². The zero-order valence-corrected chi connectivity index (χ0v) is 18.6. The molecular weight excluding hydrogens is 453 g/mol. The number of benzene rings is 1. The molecule has 1 aliphatic heterocycles. The summed E-state index contributed by atoms with van der Waals surface area (Å²) < 4.78 is 35.2. The number of hydrogen-bond donors (Lipinski definition) is 2. The molecule has 166 valence electrons. The third-order valence-corrected chi connectivity index (χ3v) is 4.59. The van der Waals surface area contributed by atoms with E-state index in [2.05, 4.69) is 24.8 Å². The minimum absolute atomic E-state index is 0.0329. The van der Waals surface area contributed by atoms with Crippen LogP contribution in [0.15, 0.2) is 46.2 Å². The molecule has 0 atom stereocenters. The highest BCUT2D eigenvalue weighted by Gasteiger charge is 2.43. The van der Waals surface area contributed by atoms with Gasteiger partial charge in [0.05, 0.1) is 10.1 Å². The molecule has 3 N–H and O–H groups in total. The highest BCUT2D eigenvalue weighted by atomic mass is 35.5. The standard InChI is InChI=1S/C18H14Cl2F2N4O3.C2H6/c1-8(23)15(20)16(24-2)17(27)26-14-4-3-9(7-25-14)10-5-12-13(6-11(10)19)29-18(21,22)28-12;1-2/h3-7H,23H2,1-2H3,(H,25,26,27);1-2H3/b15-8+,24-16?;. The van der Waals surface area contributed by atoms with E-state index in [0.717, 1.165) is 0 Å². The number of pyridine rings is 1. The van der Waals surface area contributed by atoms with Gasteiger partial charge in [0.15, 0.2) is 11.5 Å². The number of fused-ring (bicyclic) bond motifs is 1. The van der Waals surface area contributed by atoms with E-state index in [4.69, 9.17) is 28.9 Å². The molecular formula is C20H20Cl2F2N4O3. The van der Waals surface area contributed by atoms with Crippen LogP contribution >= 0.6 is 23.2 Å². The van der Waals surface area contributed by atoms with Gasteiger partial charge >= 0.3 is 6.29 Å². The number of rotatable bonds is 4. The molecule has 0 unspecified atom stereocenters. The van der Waals surface area contributed by atoms with Gasteiger partial charge in [0.1, 0.15) is 11.5 Å². The number of aliphatic imine (C=N–C) groups is 1. The number of allylic oxidation sites excluding steroid dienone is 1. The van der Waals surface area contributed by atoms with E-state index in [9.17, 15) is 13.6 Å². The molecule has 2 heterocycles. The first kappa shape index (κ1) is 24.4. The molecule has 11 heteroatoms. The van der Waals surface area contributed by atoms with Crippen LogP contribution in [0.4, 0.5) is 14.6 Å². The average Bonchev–Trinajstić information content (AvgIpc) is 3.02. The van der Waals surface area contributed by atoms with Crippen molar-refractivity contribution in [3.05, 3.63) is 46.2 Å². The molecule has 3 rings (SSSR count). The van der Waals surface area contributed by atoms with Crippen molar-refractivity contribution < 1.29 is 23.0 Å². The van der Waals surface area contributed by atoms with Crippen LogP contribution in [0, 0.1) is 0 Å². The van der Waals surface area contributed by atoms with Crippen molar-refractivity contribution in [1.82, 2.24) is 4.98 Å². The smallest absolute Gasteiger partial charge is 0.401 e. The topological polar surface area (TPSA) is 98.8 Å². The number of nitrogens with zero attached hydrogens (tertiary/aromatic N) is 2. The number of amides is 1. The van der Waals surface area contributed by atoms with Gasteiger partial charge in [-0.1, -0.05) is 37.0 Å². The zero-order valence-electron chi connectivity index (χ0n) is 17.1. The molecule has 0 fully saturated rings. The second-order valence-electron chi connectivity index (χ2n) is 5.90. The van der Waals surface area contributed by atoms with Crippen LogP contribution in [0.25, 0.3) is 11.1 Å². The molecule has 0 saturated heterocycles. The third-order valence-electron chi connectivity index (χ3n) is 3.80. The maximum absolute atomic E-state index is 13.2. The Morgan fingerprint density at radius 3 is 2.35 bits per heavy atom. The molecule has 1 aliphatic rings. The van der Waals surface area contributed by atoms with E-state index in [1.807, 2.05) is 13.8 Å². The fraction of sp³-hybridized carbons (Fsp3) is 0.250. The van der Waals surface area contributed by atoms with Crippen LogP contribution in [0.5, 0.6) is 11.5 Å². The van der Waals surface area contributed by atoms with E-state index >= 15 is 0 Å². The summed E-state index contributed by atoms with van der Waals surface area (Å²) in [5.41, 5.74) is 6.70. The predicted molar refractivity (Wildman–Crippen MR) is 117 cm³/mol. The first-order chi connectivity index (χ1) is 14.6. The Balaban J connectivity index is 0.00000166. The number of aromatic nitrogens is 1. The number of nitrogens with one attached hydrogen (secondary N) is 1. The Bertz CT molecular complexity index is 1040. The van der Waals surface area contributed by atoms with Gasteiger partial charge < -0.3 is 20.5 Å². The largest absolute Gasteiger partial charge is 0.586 e. The number of halogens is 4. The van der Waals surface area contributed by atoms with Gasteiger partial charge in [0.25, 0.3) is 5.91 Å². The quantitative estimate of drug-likeness (QED) is 0.596.